The molecule has 0 heterocycles. The molecule has 3 nitrogen and oxygen atoms in total. The molecule has 0 aliphatic heterocycles. The van der Waals surface area contributed by atoms with Gasteiger partial charge in [-0.25, -0.2) is 0 Å². The van der Waals surface area contributed by atoms with Gasteiger partial charge in [0.1, 0.15) is 5.75 Å². The van der Waals surface area contributed by atoms with E-state index in [1.54, 1.807) is 7.11 Å². The predicted octanol–water partition coefficient (Wildman–Crippen LogP) is 2.40. The number of hydrogen-bond donors (Lipinski definition) is 2. The monoisotopic (exact) mass is 250 g/mol. The van der Waals surface area contributed by atoms with Crippen molar-refractivity contribution in [3.8, 4) is 5.75 Å². The Labute approximate surface area is 111 Å². The largest absolute Gasteiger partial charge is 0.496 e. The quantitative estimate of drug-likeness (QED) is 0.789. The van der Waals surface area contributed by atoms with Crippen LogP contribution >= 0.6 is 0 Å². The van der Waals surface area contributed by atoms with Gasteiger partial charge in [-0.05, 0) is 43.0 Å². The van der Waals surface area contributed by atoms with Crippen LogP contribution in [-0.4, -0.2) is 20.3 Å². The molecule has 3 heteroatoms. The summed E-state index contributed by atoms with van der Waals surface area (Å²) in [7, 11) is 1.73. The van der Waals surface area contributed by atoms with Gasteiger partial charge in [-0.15, -0.1) is 0 Å². The van der Waals surface area contributed by atoms with Crippen molar-refractivity contribution in [3.05, 3.63) is 28.3 Å². The Hall–Kier alpha value is -1.06. The zero-order valence-electron chi connectivity index (χ0n) is 12.5. The Morgan fingerprint density at radius 1 is 1.22 bits per heavy atom. The van der Waals surface area contributed by atoms with E-state index in [0.717, 1.165) is 12.3 Å². The molecule has 0 saturated heterocycles. The van der Waals surface area contributed by atoms with Gasteiger partial charge in [0, 0.05) is 18.6 Å². The Kier molecular flexibility index (Phi) is 4.77. The van der Waals surface area contributed by atoms with Crippen LogP contribution in [0, 0.1) is 20.8 Å². The minimum Gasteiger partial charge on any atom is -0.496 e. The van der Waals surface area contributed by atoms with Crippen LogP contribution in [0.1, 0.15) is 36.1 Å². The molecule has 0 aliphatic rings. The van der Waals surface area contributed by atoms with Gasteiger partial charge >= 0.3 is 0 Å². The van der Waals surface area contributed by atoms with Crippen molar-refractivity contribution in [1.82, 2.24) is 5.32 Å². The standard InChI is InChI=1S/C15H26N2O/c1-10-7-13(15(4,5)8-17-9-16)11(2)12(3)14(10)18-6/h7,17H,8-9,16H2,1-6H3. The Balaban J connectivity index is 3.25. The van der Waals surface area contributed by atoms with Crippen molar-refractivity contribution in [2.24, 2.45) is 5.73 Å². The summed E-state index contributed by atoms with van der Waals surface area (Å²) in [6.07, 6.45) is 0. The molecule has 1 rings (SSSR count). The summed E-state index contributed by atoms with van der Waals surface area (Å²) < 4.78 is 5.47. The molecule has 0 spiro atoms. The molecule has 0 aromatic heterocycles. The lowest BCUT2D eigenvalue weighted by atomic mass is 9.79. The van der Waals surface area contributed by atoms with Crippen LogP contribution in [0.5, 0.6) is 5.75 Å². The number of ether oxygens (including phenoxy) is 1. The van der Waals surface area contributed by atoms with Gasteiger partial charge in [0.15, 0.2) is 0 Å². The maximum absolute atomic E-state index is 5.53. The van der Waals surface area contributed by atoms with Gasteiger partial charge in [-0.3, -0.25) is 0 Å². The molecule has 18 heavy (non-hydrogen) atoms. The van der Waals surface area contributed by atoms with Crippen LogP contribution in [-0.2, 0) is 5.41 Å². The fraction of sp³-hybridized carbons (Fsp3) is 0.600. The van der Waals surface area contributed by atoms with Crippen molar-refractivity contribution in [2.45, 2.75) is 40.0 Å². The molecule has 0 radical (unpaired) electrons. The lowest BCUT2D eigenvalue weighted by Crippen LogP contribution is -2.36. The van der Waals surface area contributed by atoms with Gasteiger partial charge in [-0.2, -0.15) is 0 Å². The van der Waals surface area contributed by atoms with Crippen molar-refractivity contribution < 1.29 is 4.74 Å². The minimum atomic E-state index is 0.0608. The highest BCUT2D eigenvalue weighted by atomic mass is 16.5. The highest BCUT2D eigenvalue weighted by Gasteiger charge is 2.24. The van der Waals surface area contributed by atoms with Crippen LogP contribution in [0.15, 0.2) is 6.07 Å². The highest BCUT2D eigenvalue weighted by molar-refractivity contribution is 5.51. The number of methoxy groups -OCH3 is 1. The van der Waals surface area contributed by atoms with E-state index in [1.165, 1.54) is 22.3 Å². The highest BCUT2D eigenvalue weighted by Crippen LogP contribution is 2.34. The molecule has 0 bridgehead atoms. The van der Waals surface area contributed by atoms with Crippen LogP contribution in [0.2, 0.25) is 0 Å². The first-order valence-electron chi connectivity index (χ1n) is 6.41. The first kappa shape index (κ1) is 15.0. The summed E-state index contributed by atoms with van der Waals surface area (Å²) in [5.41, 5.74) is 10.7. The van der Waals surface area contributed by atoms with E-state index in [4.69, 9.17) is 10.5 Å². The number of benzene rings is 1. The van der Waals surface area contributed by atoms with Crippen molar-refractivity contribution in [1.29, 1.82) is 0 Å². The molecule has 0 aliphatic carbocycles. The van der Waals surface area contributed by atoms with E-state index in [9.17, 15) is 0 Å². The molecule has 3 N–H and O–H groups in total. The minimum absolute atomic E-state index is 0.0608. The first-order chi connectivity index (χ1) is 8.35. The molecule has 0 saturated carbocycles. The summed E-state index contributed by atoms with van der Waals surface area (Å²) in [5, 5.41) is 3.23. The summed E-state index contributed by atoms with van der Waals surface area (Å²) in [6.45, 7) is 12.2. The number of nitrogens with two attached hydrogens (primary N) is 1. The van der Waals surface area contributed by atoms with Crippen LogP contribution in [0.4, 0.5) is 0 Å². The van der Waals surface area contributed by atoms with Gasteiger partial charge in [-0.1, -0.05) is 19.9 Å². The zero-order chi connectivity index (χ0) is 13.9. The Bertz CT molecular complexity index is 425. The fourth-order valence-electron chi connectivity index (χ4n) is 2.56. The fourth-order valence-corrected chi connectivity index (χ4v) is 2.56. The summed E-state index contributed by atoms with van der Waals surface area (Å²) >= 11 is 0. The van der Waals surface area contributed by atoms with Gasteiger partial charge in [0.25, 0.3) is 0 Å². The molecular weight excluding hydrogens is 224 g/mol. The van der Waals surface area contributed by atoms with E-state index >= 15 is 0 Å². The number of hydrogen-bond acceptors (Lipinski definition) is 3. The molecule has 102 valence electrons. The topological polar surface area (TPSA) is 47.3 Å². The second-order valence-corrected chi connectivity index (χ2v) is 5.54. The second-order valence-electron chi connectivity index (χ2n) is 5.54. The van der Waals surface area contributed by atoms with E-state index < -0.39 is 0 Å². The predicted molar refractivity (Wildman–Crippen MR) is 77.3 cm³/mol. The molecular formula is C15H26N2O. The number of aryl methyl sites for hydroxylation is 1. The first-order valence-corrected chi connectivity index (χ1v) is 6.41. The Morgan fingerprint density at radius 3 is 2.33 bits per heavy atom. The molecule has 0 unspecified atom stereocenters. The van der Waals surface area contributed by atoms with Crippen molar-refractivity contribution in [3.63, 3.8) is 0 Å². The lowest BCUT2D eigenvalue weighted by molar-refractivity contribution is 0.406. The summed E-state index contributed by atoms with van der Waals surface area (Å²) in [5.74, 6) is 0.999. The normalized spacial score (nSPS) is 11.7. The SMILES string of the molecule is COc1c(C)cc(C(C)(C)CNCN)c(C)c1C. The average molecular weight is 250 g/mol. The van der Waals surface area contributed by atoms with Crippen molar-refractivity contribution >= 4 is 0 Å². The smallest absolute Gasteiger partial charge is 0.124 e. The lowest BCUT2D eigenvalue weighted by Gasteiger charge is -2.29. The Morgan fingerprint density at radius 2 is 1.83 bits per heavy atom. The third-order valence-corrected chi connectivity index (χ3v) is 3.67. The maximum atomic E-state index is 5.53. The van der Waals surface area contributed by atoms with Gasteiger partial charge in [0.05, 0.1) is 7.11 Å². The second kappa shape index (κ2) is 5.72. The van der Waals surface area contributed by atoms with E-state index in [2.05, 4.69) is 46.0 Å². The molecule has 0 amide bonds. The number of nitrogens with one attached hydrogen (secondary N) is 1. The maximum Gasteiger partial charge on any atom is 0.124 e. The molecule has 0 atom stereocenters. The van der Waals surface area contributed by atoms with Gasteiger partial charge < -0.3 is 15.8 Å². The summed E-state index contributed by atoms with van der Waals surface area (Å²) in [4.78, 5) is 0. The third-order valence-electron chi connectivity index (χ3n) is 3.67. The van der Waals surface area contributed by atoms with Crippen LogP contribution < -0.4 is 15.8 Å². The van der Waals surface area contributed by atoms with Crippen molar-refractivity contribution in [2.75, 3.05) is 20.3 Å². The summed E-state index contributed by atoms with van der Waals surface area (Å²) in [6, 6.07) is 2.24. The average Bonchev–Trinajstić information content (AvgIpc) is 2.32. The molecule has 0 fully saturated rings. The van der Waals surface area contributed by atoms with Crippen LogP contribution in [0.25, 0.3) is 0 Å². The third kappa shape index (κ3) is 2.85. The molecule has 1 aromatic rings. The van der Waals surface area contributed by atoms with Crippen LogP contribution in [0.3, 0.4) is 0 Å². The van der Waals surface area contributed by atoms with Gasteiger partial charge in [0.2, 0.25) is 0 Å². The van der Waals surface area contributed by atoms with E-state index in [0.29, 0.717) is 6.67 Å². The van der Waals surface area contributed by atoms with E-state index in [-0.39, 0.29) is 5.41 Å². The van der Waals surface area contributed by atoms with E-state index in [1.807, 2.05) is 0 Å². The molecule has 1 aromatic carbocycles. The number of rotatable bonds is 5. The zero-order valence-corrected chi connectivity index (χ0v) is 12.5.